The maximum atomic E-state index is 12.8. The number of hydrogen-bond acceptors (Lipinski definition) is 5. The van der Waals surface area contributed by atoms with E-state index in [9.17, 15) is 18.0 Å². The molecule has 0 unspecified atom stereocenters. The van der Waals surface area contributed by atoms with Gasteiger partial charge in [0.15, 0.2) is 0 Å². The molecule has 0 saturated heterocycles. The number of esters is 1. The minimum Gasteiger partial charge on any atom is -0.462 e. The molecular formula is C16H13NO5S. The SMILES string of the molecule is CCOC(=O)c1ccc2c(c1)NC(=O)c1ccccc1S2(=O)=O. The van der Waals surface area contributed by atoms with Crippen LogP contribution in [0.25, 0.3) is 0 Å². The van der Waals surface area contributed by atoms with Crippen molar-refractivity contribution in [1.82, 2.24) is 0 Å². The lowest BCUT2D eigenvalue weighted by Crippen LogP contribution is -2.12. The van der Waals surface area contributed by atoms with Gasteiger partial charge in [0.05, 0.1) is 33.2 Å². The van der Waals surface area contributed by atoms with Gasteiger partial charge in [-0.15, -0.1) is 0 Å². The summed E-state index contributed by atoms with van der Waals surface area (Å²) < 4.78 is 30.4. The van der Waals surface area contributed by atoms with E-state index in [-0.39, 0.29) is 33.2 Å². The van der Waals surface area contributed by atoms with Crippen molar-refractivity contribution in [3.05, 3.63) is 53.6 Å². The Bertz CT molecular complexity index is 918. The number of fused-ring (bicyclic) bond motifs is 2. The molecule has 6 nitrogen and oxygen atoms in total. The van der Waals surface area contributed by atoms with Crippen LogP contribution in [0, 0.1) is 0 Å². The largest absolute Gasteiger partial charge is 0.462 e. The number of anilines is 1. The Morgan fingerprint density at radius 3 is 2.61 bits per heavy atom. The maximum absolute atomic E-state index is 12.8. The second-order valence-corrected chi connectivity index (χ2v) is 6.77. The molecule has 7 heteroatoms. The van der Waals surface area contributed by atoms with Gasteiger partial charge < -0.3 is 10.1 Å². The summed E-state index contributed by atoms with van der Waals surface area (Å²) in [6.07, 6.45) is 0. The van der Waals surface area contributed by atoms with Gasteiger partial charge in [0.1, 0.15) is 0 Å². The zero-order valence-corrected chi connectivity index (χ0v) is 13.0. The number of nitrogens with one attached hydrogen (secondary N) is 1. The Balaban J connectivity index is 2.20. The van der Waals surface area contributed by atoms with Crippen LogP contribution in [0.2, 0.25) is 0 Å². The third-order valence-electron chi connectivity index (χ3n) is 3.45. The van der Waals surface area contributed by atoms with Crippen LogP contribution in [0.15, 0.2) is 52.3 Å². The molecule has 0 aromatic heterocycles. The van der Waals surface area contributed by atoms with Crippen molar-refractivity contribution < 1.29 is 22.7 Å². The lowest BCUT2D eigenvalue weighted by atomic mass is 10.2. The topological polar surface area (TPSA) is 89.5 Å². The molecule has 0 atom stereocenters. The summed E-state index contributed by atoms with van der Waals surface area (Å²) >= 11 is 0. The van der Waals surface area contributed by atoms with Gasteiger partial charge >= 0.3 is 5.97 Å². The first kappa shape index (κ1) is 15.2. The zero-order chi connectivity index (χ0) is 16.6. The van der Waals surface area contributed by atoms with Crippen molar-refractivity contribution in [1.29, 1.82) is 0 Å². The van der Waals surface area contributed by atoms with E-state index in [0.29, 0.717) is 0 Å². The second kappa shape index (κ2) is 5.51. The van der Waals surface area contributed by atoms with Crippen molar-refractivity contribution in [2.75, 3.05) is 11.9 Å². The first-order valence-corrected chi connectivity index (χ1v) is 8.40. The Kier molecular flexibility index (Phi) is 3.65. The number of hydrogen-bond donors (Lipinski definition) is 1. The molecule has 1 amide bonds. The van der Waals surface area contributed by atoms with Crippen LogP contribution in [0.1, 0.15) is 27.6 Å². The van der Waals surface area contributed by atoms with Gasteiger partial charge in [0.2, 0.25) is 9.84 Å². The molecule has 0 spiro atoms. The van der Waals surface area contributed by atoms with E-state index in [1.165, 1.54) is 30.3 Å². The van der Waals surface area contributed by atoms with E-state index in [1.54, 1.807) is 19.1 Å². The van der Waals surface area contributed by atoms with Gasteiger partial charge in [-0.05, 0) is 37.3 Å². The number of carbonyl (C=O) groups is 2. The molecule has 2 aromatic carbocycles. The third-order valence-corrected chi connectivity index (χ3v) is 5.32. The standard InChI is InChI=1S/C16H13NO5S/c1-2-22-16(19)10-7-8-14-12(9-10)17-15(18)11-5-3-4-6-13(11)23(14,20)21/h3-9H,2H2,1H3,(H,17,18). The van der Waals surface area contributed by atoms with Crippen molar-refractivity contribution in [2.45, 2.75) is 16.7 Å². The Hall–Kier alpha value is -2.67. The van der Waals surface area contributed by atoms with Gasteiger partial charge in [0.25, 0.3) is 5.91 Å². The molecule has 1 aliphatic rings. The van der Waals surface area contributed by atoms with Gasteiger partial charge in [-0.3, -0.25) is 4.79 Å². The van der Waals surface area contributed by atoms with E-state index in [4.69, 9.17) is 4.74 Å². The quantitative estimate of drug-likeness (QED) is 0.853. The highest BCUT2D eigenvalue weighted by Gasteiger charge is 2.31. The van der Waals surface area contributed by atoms with E-state index in [0.717, 1.165) is 0 Å². The molecule has 118 valence electrons. The summed E-state index contributed by atoms with van der Waals surface area (Å²) in [5.41, 5.74) is 0.310. The van der Waals surface area contributed by atoms with Crippen LogP contribution >= 0.6 is 0 Å². The smallest absolute Gasteiger partial charge is 0.338 e. The Morgan fingerprint density at radius 2 is 1.87 bits per heavy atom. The average Bonchev–Trinajstić information content (AvgIpc) is 2.62. The number of amides is 1. The van der Waals surface area contributed by atoms with Gasteiger partial charge in [0, 0.05) is 0 Å². The fraction of sp³-hybridized carbons (Fsp3) is 0.125. The van der Waals surface area contributed by atoms with E-state index >= 15 is 0 Å². The maximum Gasteiger partial charge on any atom is 0.338 e. The van der Waals surface area contributed by atoms with Crippen LogP contribution in [0.4, 0.5) is 5.69 Å². The Morgan fingerprint density at radius 1 is 1.13 bits per heavy atom. The number of ether oxygens (including phenoxy) is 1. The molecular weight excluding hydrogens is 318 g/mol. The monoisotopic (exact) mass is 331 g/mol. The highest BCUT2D eigenvalue weighted by Crippen LogP contribution is 2.34. The second-order valence-electron chi connectivity index (χ2n) is 4.89. The third kappa shape index (κ3) is 2.49. The van der Waals surface area contributed by atoms with Crippen molar-refractivity contribution in [3.8, 4) is 0 Å². The summed E-state index contributed by atoms with van der Waals surface area (Å²) in [6.45, 7) is 1.87. The number of rotatable bonds is 2. The molecule has 0 fully saturated rings. The fourth-order valence-electron chi connectivity index (χ4n) is 2.40. The van der Waals surface area contributed by atoms with Crippen LogP contribution < -0.4 is 5.32 Å². The predicted octanol–water partition coefficient (Wildman–Crippen LogP) is 2.26. The summed E-state index contributed by atoms with van der Waals surface area (Å²) in [5, 5.41) is 2.55. The molecule has 3 rings (SSSR count). The first-order chi connectivity index (χ1) is 10.9. The molecule has 1 heterocycles. The van der Waals surface area contributed by atoms with Crippen molar-refractivity contribution in [3.63, 3.8) is 0 Å². The van der Waals surface area contributed by atoms with Crippen molar-refractivity contribution >= 4 is 27.4 Å². The van der Waals surface area contributed by atoms with Crippen molar-refractivity contribution in [2.24, 2.45) is 0 Å². The Labute approximate surface area is 133 Å². The average molecular weight is 331 g/mol. The molecule has 0 radical (unpaired) electrons. The van der Waals surface area contributed by atoms with Crippen LogP contribution in [0.5, 0.6) is 0 Å². The minimum absolute atomic E-state index is 0.0520. The lowest BCUT2D eigenvalue weighted by Gasteiger charge is -2.09. The summed E-state index contributed by atoms with van der Waals surface area (Å²) in [4.78, 5) is 24.0. The summed E-state index contributed by atoms with van der Waals surface area (Å²) in [7, 11) is -3.86. The number of benzene rings is 2. The normalized spacial score (nSPS) is 14.9. The molecule has 2 aromatic rings. The van der Waals surface area contributed by atoms with Crippen LogP contribution in [0.3, 0.4) is 0 Å². The molecule has 1 N–H and O–H groups in total. The van der Waals surface area contributed by atoms with Gasteiger partial charge in [-0.1, -0.05) is 12.1 Å². The van der Waals surface area contributed by atoms with Gasteiger partial charge in [-0.25, -0.2) is 13.2 Å². The molecule has 1 aliphatic heterocycles. The molecule has 0 bridgehead atoms. The van der Waals surface area contributed by atoms with Gasteiger partial charge in [-0.2, -0.15) is 0 Å². The van der Waals surface area contributed by atoms with Crippen LogP contribution in [-0.4, -0.2) is 26.9 Å². The predicted molar refractivity (Wildman–Crippen MR) is 82.2 cm³/mol. The first-order valence-electron chi connectivity index (χ1n) is 6.92. The number of sulfone groups is 1. The zero-order valence-electron chi connectivity index (χ0n) is 12.2. The van der Waals surface area contributed by atoms with Crippen LogP contribution in [-0.2, 0) is 14.6 Å². The minimum atomic E-state index is -3.86. The molecule has 23 heavy (non-hydrogen) atoms. The highest BCUT2D eigenvalue weighted by atomic mass is 32.2. The summed E-state index contributed by atoms with van der Waals surface area (Å²) in [6, 6.07) is 9.97. The van der Waals surface area contributed by atoms with E-state index in [2.05, 4.69) is 5.32 Å². The van der Waals surface area contributed by atoms with E-state index in [1.807, 2.05) is 0 Å². The highest BCUT2D eigenvalue weighted by molar-refractivity contribution is 7.91. The molecule has 0 saturated carbocycles. The summed E-state index contributed by atoms with van der Waals surface area (Å²) in [5.74, 6) is -1.12. The number of carbonyl (C=O) groups excluding carboxylic acids is 2. The lowest BCUT2D eigenvalue weighted by molar-refractivity contribution is 0.0526. The van der Waals surface area contributed by atoms with E-state index < -0.39 is 21.7 Å². The fourth-order valence-corrected chi connectivity index (χ4v) is 3.99. The molecule has 0 aliphatic carbocycles.